The summed E-state index contributed by atoms with van der Waals surface area (Å²) in [7, 11) is 0. The SMILES string of the molecule is O=C1NC(c2ccccc2)(c2ccccc2)C(=O)N1Cc1nc(-c2cc(Br)cs2)no1. The normalized spacial score (nSPS) is 15.3. The molecule has 0 unspecified atom stereocenters. The summed E-state index contributed by atoms with van der Waals surface area (Å²) in [4.78, 5) is 32.9. The lowest BCUT2D eigenvalue weighted by molar-refractivity contribution is -0.130. The van der Waals surface area contributed by atoms with E-state index in [1.807, 2.05) is 72.1 Å². The highest BCUT2D eigenvalue weighted by molar-refractivity contribution is 9.10. The van der Waals surface area contributed by atoms with Crippen molar-refractivity contribution >= 4 is 39.2 Å². The molecule has 0 radical (unpaired) electrons. The molecule has 1 aliphatic heterocycles. The minimum atomic E-state index is -1.32. The van der Waals surface area contributed by atoms with E-state index in [1.165, 1.54) is 11.3 Å². The van der Waals surface area contributed by atoms with Crippen LogP contribution in [0.15, 0.2) is 81.1 Å². The fourth-order valence-electron chi connectivity index (χ4n) is 3.64. The fourth-order valence-corrected chi connectivity index (χ4v) is 4.99. The Labute approximate surface area is 189 Å². The van der Waals surface area contributed by atoms with Gasteiger partial charge in [-0.15, -0.1) is 11.3 Å². The molecule has 5 rings (SSSR count). The minimum Gasteiger partial charge on any atom is -0.337 e. The Hall–Kier alpha value is -3.30. The number of imide groups is 1. The van der Waals surface area contributed by atoms with Crippen LogP contribution in [-0.2, 0) is 16.9 Å². The van der Waals surface area contributed by atoms with Crippen LogP contribution >= 0.6 is 27.3 Å². The zero-order valence-electron chi connectivity index (χ0n) is 16.0. The number of thiophene rings is 1. The predicted molar refractivity (Wildman–Crippen MR) is 118 cm³/mol. The molecule has 0 saturated carbocycles. The van der Waals surface area contributed by atoms with Crippen LogP contribution < -0.4 is 5.32 Å². The second-order valence-corrected chi connectivity index (χ2v) is 8.77. The van der Waals surface area contributed by atoms with Crippen LogP contribution in [0.25, 0.3) is 10.7 Å². The van der Waals surface area contributed by atoms with Crippen LogP contribution in [0, 0.1) is 0 Å². The second-order valence-electron chi connectivity index (χ2n) is 6.94. The first-order valence-electron chi connectivity index (χ1n) is 9.40. The Morgan fingerprint density at radius 2 is 1.68 bits per heavy atom. The molecule has 31 heavy (non-hydrogen) atoms. The van der Waals surface area contributed by atoms with Crippen LogP contribution in [0.5, 0.6) is 0 Å². The number of rotatable bonds is 5. The summed E-state index contributed by atoms with van der Waals surface area (Å²) in [5, 5.41) is 8.80. The number of halogens is 1. The maximum atomic E-state index is 13.7. The molecule has 154 valence electrons. The number of nitrogens with zero attached hydrogens (tertiary/aromatic N) is 3. The van der Waals surface area contributed by atoms with Crippen molar-refractivity contribution in [3.05, 3.63) is 93.6 Å². The molecule has 0 bridgehead atoms. The summed E-state index contributed by atoms with van der Waals surface area (Å²) < 4.78 is 6.24. The van der Waals surface area contributed by atoms with Gasteiger partial charge >= 0.3 is 6.03 Å². The summed E-state index contributed by atoms with van der Waals surface area (Å²) in [6.45, 7) is -0.119. The Morgan fingerprint density at radius 3 is 2.26 bits per heavy atom. The quantitative estimate of drug-likeness (QED) is 0.411. The van der Waals surface area contributed by atoms with Gasteiger partial charge in [0.05, 0.1) is 4.88 Å². The van der Waals surface area contributed by atoms with Gasteiger partial charge in [0.15, 0.2) is 5.54 Å². The number of urea groups is 1. The van der Waals surface area contributed by atoms with Gasteiger partial charge in [0, 0.05) is 9.85 Å². The average molecular weight is 495 g/mol. The molecule has 2 aromatic carbocycles. The van der Waals surface area contributed by atoms with Crippen molar-refractivity contribution in [3.63, 3.8) is 0 Å². The van der Waals surface area contributed by atoms with E-state index in [9.17, 15) is 9.59 Å². The van der Waals surface area contributed by atoms with Crippen molar-refractivity contribution in [2.75, 3.05) is 0 Å². The fraction of sp³-hybridized carbons (Fsp3) is 0.0909. The van der Waals surface area contributed by atoms with E-state index in [0.29, 0.717) is 17.0 Å². The highest BCUT2D eigenvalue weighted by atomic mass is 79.9. The number of carbonyl (C=O) groups excluding carboxylic acids is 2. The van der Waals surface area contributed by atoms with Gasteiger partial charge in [0.2, 0.25) is 11.7 Å². The molecule has 4 aromatic rings. The lowest BCUT2D eigenvalue weighted by Gasteiger charge is -2.27. The Bertz CT molecular complexity index is 1220. The standard InChI is InChI=1S/C22H15BrN4O3S/c23-16-11-17(31-13-16)19-24-18(30-26-19)12-27-20(28)22(25-21(27)29,14-7-3-1-4-8-14)15-9-5-2-6-10-15/h1-11,13H,12H2,(H,25,29). The Balaban J connectivity index is 1.50. The largest absolute Gasteiger partial charge is 0.337 e. The van der Waals surface area contributed by atoms with E-state index < -0.39 is 17.5 Å². The van der Waals surface area contributed by atoms with Crippen LogP contribution in [0.1, 0.15) is 17.0 Å². The van der Waals surface area contributed by atoms with Crippen molar-refractivity contribution in [1.82, 2.24) is 20.4 Å². The maximum Gasteiger partial charge on any atom is 0.326 e. The van der Waals surface area contributed by atoms with E-state index in [1.54, 1.807) is 0 Å². The van der Waals surface area contributed by atoms with Crippen molar-refractivity contribution in [2.24, 2.45) is 0 Å². The molecule has 9 heteroatoms. The van der Waals surface area contributed by atoms with Gasteiger partial charge in [-0.05, 0) is 33.1 Å². The molecule has 3 heterocycles. The molecule has 2 aromatic heterocycles. The Kier molecular flexibility index (Phi) is 4.91. The lowest BCUT2D eigenvalue weighted by Crippen LogP contribution is -2.45. The molecular formula is C22H15BrN4O3S. The summed E-state index contributed by atoms with van der Waals surface area (Å²) in [5.41, 5.74) is 0.0366. The number of benzene rings is 2. The first-order chi connectivity index (χ1) is 15.1. The first kappa shape index (κ1) is 19.7. The molecule has 1 N–H and O–H groups in total. The Morgan fingerprint density at radius 1 is 1.03 bits per heavy atom. The highest BCUT2D eigenvalue weighted by Crippen LogP contribution is 2.36. The van der Waals surface area contributed by atoms with Crippen molar-refractivity contribution in [2.45, 2.75) is 12.1 Å². The summed E-state index contributed by atoms with van der Waals surface area (Å²) in [5.74, 6) is 0.198. The van der Waals surface area contributed by atoms with E-state index in [2.05, 4.69) is 31.4 Å². The highest BCUT2D eigenvalue weighted by Gasteiger charge is 2.54. The third kappa shape index (κ3) is 3.35. The van der Waals surface area contributed by atoms with Gasteiger partial charge in [-0.25, -0.2) is 4.79 Å². The van der Waals surface area contributed by atoms with Crippen molar-refractivity contribution in [3.8, 4) is 10.7 Å². The first-order valence-corrected chi connectivity index (χ1v) is 11.1. The molecule has 1 fully saturated rings. The van der Waals surface area contributed by atoms with Crippen LogP contribution in [0.3, 0.4) is 0 Å². The molecule has 3 amide bonds. The molecule has 7 nitrogen and oxygen atoms in total. The van der Waals surface area contributed by atoms with Gasteiger partial charge in [0.25, 0.3) is 5.91 Å². The van der Waals surface area contributed by atoms with Gasteiger partial charge in [0.1, 0.15) is 6.54 Å². The zero-order chi connectivity index (χ0) is 21.4. The minimum absolute atomic E-state index is 0.119. The molecule has 0 atom stereocenters. The molecule has 0 spiro atoms. The van der Waals surface area contributed by atoms with Crippen molar-refractivity contribution in [1.29, 1.82) is 0 Å². The van der Waals surface area contributed by atoms with Gasteiger partial charge in [-0.2, -0.15) is 4.98 Å². The molecular weight excluding hydrogens is 480 g/mol. The number of hydrogen-bond acceptors (Lipinski definition) is 6. The third-order valence-electron chi connectivity index (χ3n) is 5.07. The summed E-state index contributed by atoms with van der Waals surface area (Å²) in [6, 6.07) is 19.8. The lowest BCUT2D eigenvalue weighted by atomic mass is 9.82. The predicted octanol–water partition coefficient (Wildman–Crippen LogP) is 4.56. The van der Waals surface area contributed by atoms with E-state index in [-0.39, 0.29) is 12.4 Å². The number of carbonyl (C=O) groups is 2. The number of aromatic nitrogens is 2. The van der Waals surface area contributed by atoms with E-state index >= 15 is 0 Å². The van der Waals surface area contributed by atoms with Crippen LogP contribution in [0.4, 0.5) is 4.79 Å². The third-order valence-corrected chi connectivity index (χ3v) is 6.76. The van der Waals surface area contributed by atoms with Gasteiger partial charge in [-0.1, -0.05) is 65.8 Å². The number of nitrogens with one attached hydrogen (secondary N) is 1. The number of amides is 3. The summed E-state index contributed by atoms with van der Waals surface area (Å²) in [6.07, 6.45) is 0. The maximum absolute atomic E-state index is 13.7. The monoisotopic (exact) mass is 494 g/mol. The van der Waals surface area contributed by atoms with E-state index in [0.717, 1.165) is 14.2 Å². The average Bonchev–Trinajstić information content (AvgIpc) is 3.50. The van der Waals surface area contributed by atoms with Crippen LogP contribution in [-0.4, -0.2) is 27.0 Å². The smallest absolute Gasteiger partial charge is 0.326 e. The molecule has 1 saturated heterocycles. The molecule has 0 aliphatic carbocycles. The van der Waals surface area contributed by atoms with Crippen LogP contribution in [0.2, 0.25) is 0 Å². The topological polar surface area (TPSA) is 88.3 Å². The zero-order valence-corrected chi connectivity index (χ0v) is 18.4. The van der Waals surface area contributed by atoms with Gasteiger partial charge in [-0.3, -0.25) is 9.69 Å². The van der Waals surface area contributed by atoms with E-state index in [4.69, 9.17) is 4.52 Å². The number of hydrogen-bond donors (Lipinski definition) is 1. The van der Waals surface area contributed by atoms with Crippen molar-refractivity contribution < 1.29 is 14.1 Å². The summed E-state index contributed by atoms with van der Waals surface area (Å²) >= 11 is 4.86. The molecule has 1 aliphatic rings. The van der Waals surface area contributed by atoms with Gasteiger partial charge < -0.3 is 9.84 Å². The second kappa shape index (κ2) is 7.75.